The highest BCUT2D eigenvalue weighted by molar-refractivity contribution is 6.06. The van der Waals surface area contributed by atoms with Crippen molar-refractivity contribution in [2.75, 3.05) is 19.1 Å². The standard InChI is InChI=1S/C26H38N2O6/c1-7-9-10-18(8-2)28(26(27)31)23-19(13-11-16(3)12-14-21(29)32-5)24(33-6)17(4)20-15-34-25(30)22(20)23/h11,18H,7-10,12-15H2,1-6H3,(H2,27,31). The van der Waals surface area contributed by atoms with Crippen molar-refractivity contribution in [1.29, 1.82) is 0 Å². The SMILES string of the molecule is CCCCC(CC)N(C(N)=O)c1c(CC=C(C)CCC(=O)OC)c(OC)c(C)c2c1C(=O)OC2. The number of urea groups is 1. The van der Waals surface area contributed by atoms with Gasteiger partial charge in [0.25, 0.3) is 0 Å². The first-order chi connectivity index (χ1) is 16.2. The molecule has 0 bridgehead atoms. The summed E-state index contributed by atoms with van der Waals surface area (Å²) in [5, 5.41) is 0. The van der Waals surface area contributed by atoms with E-state index in [2.05, 4.69) is 6.92 Å². The third-order valence-electron chi connectivity index (χ3n) is 6.46. The molecule has 2 amide bonds. The van der Waals surface area contributed by atoms with Gasteiger partial charge in [-0.1, -0.05) is 38.3 Å². The third-order valence-corrected chi connectivity index (χ3v) is 6.46. The van der Waals surface area contributed by atoms with E-state index in [1.807, 2.05) is 26.8 Å². The van der Waals surface area contributed by atoms with Gasteiger partial charge in [0.05, 0.1) is 25.5 Å². The van der Waals surface area contributed by atoms with Crippen molar-refractivity contribution in [3.63, 3.8) is 0 Å². The predicted octanol–water partition coefficient (Wildman–Crippen LogP) is 4.97. The molecule has 2 N–H and O–H groups in total. The lowest BCUT2D eigenvalue weighted by Gasteiger charge is -2.33. The first-order valence-electron chi connectivity index (χ1n) is 11.9. The monoisotopic (exact) mass is 474 g/mol. The molecule has 0 spiro atoms. The number of fused-ring (bicyclic) bond motifs is 1. The molecule has 0 saturated carbocycles. The van der Waals surface area contributed by atoms with E-state index in [0.29, 0.717) is 41.8 Å². The number of unbranched alkanes of at least 4 members (excludes halogenated alkanes) is 1. The van der Waals surface area contributed by atoms with E-state index in [1.165, 1.54) is 7.11 Å². The molecule has 1 unspecified atom stereocenters. The van der Waals surface area contributed by atoms with Crippen molar-refractivity contribution < 1.29 is 28.6 Å². The largest absolute Gasteiger partial charge is 0.496 e. The van der Waals surface area contributed by atoms with Gasteiger partial charge in [0.2, 0.25) is 0 Å². The summed E-state index contributed by atoms with van der Waals surface area (Å²) in [7, 11) is 2.95. The number of nitrogens with two attached hydrogens (primary N) is 1. The average molecular weight is 475 g/mol. The molecule has 0 radical (unpaired) electrons. The maximum Gasteiger partial charge on any atom is 0.341 e. The highest BCUT2D eigenvalue weighted by Crippen LogP contribution is 2.44. The molecule has 0 fully saturated rings. The molecule has 8 nitrogen and oxygen atoms in total. The maximum absolute atomic E-state index is 12.9. The van der Waals surface area contributed by atoms with Crippen LogP contribution in [-0.2, 0) is 27.3 Å². The Labute approximate surface area is 202 Å². The van der Waals surface area contributed by atoms with Crippen molar-refractivity contribution in [2.45, 2.75) is 85.3 Å². The number of primary amides is 1. The topological polar surface area (TPSA) is 108 Å². The minimum Gasteiger partial charge on any atom is -0.496 e. The smallest absolute Gasteiger partial charge is 0.341 e. The van der Waals surface area contributed by atoms with Gasteiger partial charge >= 0.3 is 18.0 Å². The van der Waals surface area contributed by atoms with Crippen LogP contribution in [0.1, 0.15) is 86.3 Å². The second-order valence-corrected chi connectivity index (χ2v) is 8.66. The number of hydrogen-bond acceptors (Lipinski definition) is 6. The number of ether oxygens (including phenoxy) is 3. The molecule has 1 aromatic rings. The van der Waals surface area contributed by atoms with E-state index >= 15 is 0 Å². The van der Waals surface area contributed by atoms with Crippen LogP contribution in [-0.4, -0.2) is 38.2 Å². The Bertz CT molecular complexity index is 953. The summed E-state index contributed by atoms with van der Waals surface area (Å²) in [6.45, 7) is 8.07. The Morgan fingerprint density at radius 1 is 1.24 bits per heavy atom. The summed E-state index contributed by atoms with van der Waals surface area (Å²) in [5.74, 6) is -0.121. The zero-order valence-electron chi connectivity index (χ0n) is 21.3. The van der Waals surface area contributed by atoms with Crippen molar-refractivity contribution in [3.8, 4) is 5.75 Å². The zero-order valence-corrected chi connectivity index (χ0v) is 21.3. The summed E-state index contributed by atoms with van der Waals surface area (Å²) < 4.78 is 15.9. The van der Waals surface area contributed by atoms with Crippen LogP contribution in [0.5, 0.6) is 5.75 Å². The van der Waals surface area contributed by atoms with Gasteiger partial charge in [-0.25, -0.2) is 9.59 Å². The number of nitrogens with zero attached hydrogens (tertiary/aromatic N) is 1. The highest BCUT2D eigenvalue weighted by Gasteiger charge is 2.37. The zero-order chi connectivity index (χ0) is 25.4. The number of rotatable bonds is 12. The molecule has 1 atom stereocenters. The van der Waals surface area contributed by atoms with Crippen LogP contribution in [0.25, 0.3) is 0 Å². The number of cyclic esters (lactones) is 1. The van der Waals surface area contributed by atoms with E-state index in [9.17, 15) is 14.4 Å². The van der Waals surface area contributed by atoms with E-state index in [-0.39, 0.29) is 25.0 Å². The summed E-state index contributed by atoms with van der Waals surface area (Å²) >= 11 is 0. The van der Waals surface area contributed by atoms with Crippen molar-refractivity contribution in [3.05, 3.63) is 33.9 Å². The van der Waals surface area contributed by atoms with Gasteiger partial charge < -0.3 is 19.9 Å². The van der Waals surface area contributed by atoms with Gasteiger partial charge in [-0.15, -0.1) is 0 Å². The number of benzene rings is 1. The van der Waals surface area contributed by atoms with Crippen LogP contribution in [0.2, 0.25) is 0 Å². The van der Waals surface area contributed by atoms with E-state index < -0.39 is 12.0 Å². The van der Waals surface area contributed by atoms with E-state index in [1.54, 1.807) is 12.0 Å². The molecule has 0 aliphatic carbocycles. The molecule has 1 aromatic carbocycles. The molecular formula is C26H38N2O6. The van der Waals surface area contributed by atoms with Gasteiger partial charge in [-0.05, 0) is 45.1 Å². The number of esters is 2. The number of amides is 2. The van der Waals surface area contributed by atoms with E-state index in [0.717, 1.165) is 36.0 Å². The Morgan fingerprint density at radius 3 is 2.50 bits per heavy atom. The fourth-order valence-electron chi connectivity index (χ4n) is 4.50. The second kappa shape index (κ2) is 12.4. The lowest BCUT2D eigenvalue weighted by Crippen LogP contribution is -2.45. The normalized spacial score (nSPS) is 13.8. The van der Waals surface area contributed by atoms with Gasteiger partial charge in [-0.3, -0.25) is 9.69 Å². The molecule has 1 heterocycles. The van der Waals surface area contributed by atoms with Gasteiger partial charge in [-0.2, -0.15) is 0 Å². The Hall–Kier alpha value is -3.03. The number of carbonyl (C=O) groups is 3. The van der Waals surface area contributed by atoms with Crippen LogP contribution >= 0.6 is 0 Å². The van der Waals surface area contributed by atoms with Gasteiger partial charge in [0.15, 0.2) is 0 Å². The van der Waals surface area contributed by atoms with Crippen molar-refractivity contribution in [2.24, 2.45) is 5.73 Å². The fourth-order valence-corrected chi connectivity index (χ4v) is 4.50. The average Bonchev–Trinajstić information content (AvgIpc) is 3.21. The fraction of sp³-hybridized carbons (Fsp3) is 0.577. The molecule has 2 rings (SSSR count). The molecule has 1 aliphatic heterocycles. The molecule has 34 heavy (non-hydrogen) atoms. The quantitative estimate of drug-likeness (QED) is 0.338. The number of anilines is 1. The van der Waals surface area contributed by atoms with Crippen molar-refractivity contribution in [1.82, 2.24) is 0 Å². The van der Waals surface area contributed by atoms with E-state index in [4.69, 9.17) is 19.9 Å². The molecule has 188 valence electrons. The first kappa shape index (κ1) is 27.2. The first-order valence-corrected chi connectivity index (χ1v) is 11.9. The van der Waals surface area contributed by atoms with Crippen molar-refractivity contribution >= 4 is 23.7 Å². The third kappa shape index (κ3) is 5.90. The molecule has 0 saturated heterocycles. The lowest BCUT2D eigenvalue weighted by molar-refractivity contribution is -0.140. The maximum atomic E-state index is 12.9. The molecule has 8 heteroatoms. The molecule has 0 aromatic heterocycles. The highest BCUT2D eigenvalue weighted by atomic mass is 16.5. The molecular weight excluding hydrogens is 436 g/mol. The van der Waals surface area contributed by atoms with Gasteiger partial charge in [0, 0.05) is 23.6 Å². The summed E-state index contributed by atoms with van der Waals surface area (Å²) in [6, 6.07) is -0.770. The second-order valence-electron chi connectivity index (χ2n) is 8.66. The summed E-state index contributed by atoms with van der Waals surface area (Å²) in [5.41, 5.74) is 10.0. The lowest BCUT2D eigenvalue weighted by atomic mass is 9.91. The number of methoxy groups -OCH3 is 2. The number of allylic oxidation sites excluding steroid dienone is 2. The Morgan fingerprint density at radius 2 is 1.94 bits per heavy atom. The number of carbonyl (C=O) groups excluding carboxylic acids is 3. The van der Waals surface area contributed by atoms with Crippen LogP contribution in [0.15, 0.2) is 11.6 Å². The minimum atomic E-state index is -0.608. The van der Waals surface area contributed by atoms with Crippen LogP contribution in [0.4, 0.5) is 10.5 Å². The van der Waals surface area contributed by atoms with Crippen LogP contribution in [0.3, 0.4) is 0 Å². The summed E-state index contributed by atoms with van der Waals surface area (Å²) in [6.07, 6.45) is 6.59. The Balaban J connectivity index is 2.69. The number of hydrogen-bond donors (Lipinski definition) is 1. The van der Waals surface area contributed by atoms with Gasteiger partial charge in [0.1, 0.15) is 12.4 Å². The summed E-state index contributed by atoms with van der Waals surface area (Å²) in [4.78, 5) is 38.8. The minimum absolute atomic E-state index is 0.135. The van der Waals surface area contributed by atoms with Crippen LogP contribution in [0, 0.1) is 6.92 Å². The predicted molar refractivity (Wildman–Crippen MR) is 131 cm³/mol. The van der Waals surface area contributed by atoms with Crippen LogP contribution < -0.4 is 15.4 Å². The molecule has 1 aliphatic rings. The Kier molecular flexibility index (Phi) is 9.96.